The van der Waals surface area contributed by atoms with Crippen LogP contribution < -0.4 is 15.4 Å². The minimum Gasteiger partial charge on any atom is -0.370 e. The molecule has 0 spiro atoms. The van der Waals surface area contributed by atoms with Crippen LogP contribution in [0.5, 0.6) is 0 Å². The van der Waals surface area contributed by atoms with E-state index in [9.17, 15) is 21.6 Å². The molecule has 0 aliphatic rings. The Morgan fingerprint density at radius 1 is 1.24 bits per heavy atom. The number of alkyl halides is 3. The average molecular weight is 327 g/mol. The Morgan fingerprint density at radius 2 is 1.90 bits per heavy atom. The number of halogens is 3. The van der Waals surface area contributed by atoms with Gasteiger partial charge in [-0.15, -0.1) is 0 Å². The lowest BCUT2D eigenvalue weighted by Crippen LogP contribution is -2.24. The van der Waals surface area contributed by atoms with Crippen molar-refractivity contribution in [3.8, 4) is 0 Å². The molecule has 1 aromatic rings. The van der Waals surface area contributed by atoms with Crippen molar-refractivity contribution in [2.24, 2.45) is 0 Å². The molecule has 0 aromatic carbocycles. The summed E-state index contributed by atoms with van der Waals surface area (Å²) in [5.41, 5.74) is -1.06. The maximum atomic E-state index is 12.6. The van der Waals surface area contributed by atoms with Gasteiger partial charge in [-0.1, -0.05) is 0 Å². The molecular formula is C10H16F3N5O2S. The first-order valence-corrected chi connectivity index (χ1v) is 7.83. The van der Waals surface area contributed by atoms with Gasteiger partial charge in [-0.3, -0.25) is 0 Å². The average Bonchev–Trinajstić information content (AvgIpc) is 2.35. The first kappa shape index (κ1) is 17.4. The normalized spacial score (nSPS) is 12.2. The Balaban J connectivity index is 2.62. The molecule has 0 atom stereocenters. The molecule has 3 N–H and O–H groups in total. The molecule has 0 fully saturated rings. The van der Waals surface area contributed by atoms with Crippen LogP contribution in [0.2, 0.25) is 0 Å². The summed E-state index contributed by atoms with van der Waals surface area (Å²) in [5.74, 6) is -0.136. The number of sulfonamides is 1. The zero-order valence-corrected chi connectivity index (χ0v) is 12.3. The van der Waals surface area contributed by atoms with Crippen molar-refractivity contribution in [3.05, 3.63) is 11.8 Å². The molecule has 7 nitrogen and oxygen atoms in total. The summed E-state index contributed by atoms with van der Waals surface area (Å²) >= 11 is 0. The van der Waals surface area contributed by atoms with Gasteiger partial charge >= 0.3 is 6.18 Å². The number of hydrogen-bond acceptors (Lipinski definition) is 6. The molecule has 0 saturated heterocycles. The van der Waals surface area contributed by atoms with Crippen molar-refractivity contribution in [1.82, 2.24) is 14.7 Å². The molecule has 11 heteroatoms. The van der Waals surface area contributed by atoms with E-state index >= 15 is 0 Å². The van der Waals surface area contributed by atoms with E-state index in [1.807, 2.05) is 0 Å². The van der Waals surface area contributed by atoms with Crippen LogP contribution in [0.15, 0.2) is 6.07 Å². The largest absolute Gasteiger partial charge is 0.433 e. The molecule has 0 amide bonds. The minimum absolute atomic E-state index is 0.0148. The number of nitrogens with zero attached hydrogens (tertiary/aromatic N) is 2. The molecule has 1 rings (SSSR count). The van der Waals surface area contributed by atoms with Gasteiger partial charge in [-0.05, 0) is 6.42 Å². The molecule has 0 saturated carbocycles. The second-order valence-electron chi connectivity index (χ2n) is 4.16. The molecule has 0 unspecified atom stereocenters. The zero-order chi connectivity index (χ0) is 16.1. The van der Waals surface area contributed by atoms with E-state index in [0.29, 0.717) is 6.42 Å². The van der Waals surface area contributed by atoms with Crippen molar-refractivity contribution in [2.75, 3.05) is 37.0 Å². The number of hydrogen-bond donors (Lipinski definition) is 3. The van der Waals surface area contributed by atoms with Crippen LogP contribution in [-0.2, 0) is 16.2 Å². The fourth-order valence-electron chi connectivity index (χ4n) is 1.36. The lowest BCUT2D eigenvalue weighted by atomic mass is 10.3. The molecule has 1 aromatic heterocycles. The van der Waals surface area contributed by atoms with Crippen LogP contribution in [-0.4, -0.2) is 44.8 Å². The van der Waals surface area contributed by atoms with Crippen molar-refractivity contribution in [1.29, 1.82) is 0 Å². The highest BCUT2D eigenvalue weighted by Crippen LogP contribution is 2.29. The fourth-order valence-corrected chi connectivity index (χ4v) is 1.87. The number of anilines is 2. The molecule has 120 valence electrons. The molecule has 0 aliphatic heterocycles. The predicted octanol–water partition coefficient (Wildman–Crippen LogP) is 0.888. The van der Waals surface area contributed by atoms with E-state index in [2.05, 4.69) is 25.3 Å². The van der Waals surface area contributed by atoms with Crippen LogP contribution in [0.3, 0.4) is 0 Å². The summed E-state index contributed by atoms with van der Waals surface area (Å²) in [5, 5.41) is 5.14. The smallest absolute Gasteiger partial charge is 0.370 e. The SMILES string of the molecule is CNc1nc(NCCCNS(C)(=O)=O)cc(C(F)(F)F)n1. The maximum absolute atomic E-state index is 12.6. The van der Waals surface area contributed by atoms with E-state index in [-0.39, 0.29) is 24.9 Å². The molecule has 21 heavy (non-hydrogen) atoms. The number of rotatable bonds is 7. The van der Waals surface area contributed by atoms with E-state index in [1.54, 1.807) is 0 Å². The van der Waals surface area contributed by atoms with Crippen LogP contribution in [0.1, 0.15) is 12.1 Å². The quantitative estimate of drug-likeness (QED) is 0.644. The highest BCUT2D eigenvalue weighted by atomic mass is 32.2. The summed E-state index contributed by atoms with van der Waals surface area (Å²) in [4.78, 5) is 7.16. The third-order valence-corrected chi connectivity index (χ3v) is 2.99. The molecule has 0 radical (unpaired) electrons. The van der Waals surface area contributed by atoms with Gasteiger partial charge in [-0.2, -0.15) is 18.2 Å². The topological polar surface area (TPSA) is 96.0 Å². The Hall–Kier alpha value is -1.62. The Bertz CT molecular complexity index is 577. The first-order chi connectivity index (χ1) is 9.62. The molecule has 0 bridgehead atoms. The van der Waals surface area contributed by atoms with Crippen molar-refractivity contribution in [2.45, 2.75) is 12.6 Å². The lowest BCUT2D eigenvalue weighted by molar-refractivity contribution is -0.141. The standard InChI is InChI=1S/C10H16F3N5O2S/c1-14-9-17-7(10(11,12)13)6-8(18-9)15-4-3-5-16-21(2,19)20/h6,16H,3-5H2,1-2H3,(H2,14,15,17,18). The van der Waals surface area contributed by atoms with E-state index in [0.717, 1.165) is 12.3 Å². The van der Waals surface area contributed by atoms with E-state index in [1.165, 1.54) is 7.05 Å². The van der Waals surface area contributed by atoms with Gasteiger partial charge in [0.25, 0.3) is 0 Å². The highest BCUT2D eigenvalue weighted by molar-refractivity contribution is 7.88. The highest BCUT2D eigenvalue weighted by Gasteiger charge is 2.33. The van der Waals surface area contributed by atoms with Gasteiger partial charge in [0, 0.05) is 26.2 Å². The molecule has 1 heterocycles. The van der Waals surface area contributed by atoms with Crippen LogP contribution >= 0.6 is 0 Å². The van der Waals surface area contributed by atoms with Crippen LogP contribution in [0.25, 0.3) is 0 Å². The predicted molar refractivity (Wildman–Crippen MR) is 72.5 cm³/mol. The number of aromatic nitrogens is 2. The van der Waals surface area contributed by atoms with Crippen LogP contribution in [0, 0.1) is 0 Å². The minimum atomic E-state index is -4.57. The van der Waals surface area contributed by atoms with Gasteiger partial charge < -0.3 is 10.6 Å². The second-order valence-corrected chi connectivity index (χ2v) is 5.99. The van der Waals surface area contributed by atoms with Gasteiger partial charge in [0.15, 0.2) is 5.69 Å². The summed E-state index contributed by atoms with van der Waals surface area (Å²) in [6.45, 7) is 0.446. The van der Waals surface area contributed by atoms with Gasteiger partial charge in [0.2, 0.25) is 16.0 Å². The number of nitrogens with one attached hydrogen (secondary N) is 3. The maximum Gasteiger partial charge on any atom is 0.433 e. The molecule has 0 aliphatic carbocycles. The summed E-state index contributed by atoms with van der Waals surface area (Å²) in [6, 6.07) is 0.796. The summed E-state index contributed by atoms with van der Waals surface area (Å²) < 4.78 is 61.8. The second kappa shape index (κ2) is 6.89. The summed E-state index contributed by atoms with van der Waals surface area (Å²) in [6.07, 6.45) is -3.14. The fraction of sp³-hybridized carbons (Fsp3) is 0.600. The lowest BCUT2D eigenvalue weighted by Gasteiger charge is -2.11. The third-order valence-electron chi connectivity index (χ3n) is 2.26. The van der Waals surface area contributed by atoms with Crippen molar-refractivity contribution < 1.29 is 21.6 Å². The zero-order valence-electron chi connectivity index (χ0n) is 11.5. The third kappa shape index (κ3) is 6.58. The van der Waals surface area contributed by atoms with Crippen molar-refractivity contribution >= 4 is 21.8 Å². The van der Waals surface area contributed by atoms with E-state index in [4.69, 9.17) is 0 Å². The monoisotopic (exact) mass is 327 g/mol. The Kier molecular flexibility index (Phi) is 5.72. The van der Waals surface area contributed by atoms with E-state index < -0.39 is 21.9 Å². The Labute approximate surface area is 120 Å². The molecular weight excluding hydrogens is 311 g/mol. The van der Waals surface area contributed by atoms with Crippen LogP contribution in [0.4, 0.5) is 24.9 Å². The Morgan fingerprint density at radius 3 is 2.43 bits per heavy atom. The van der Waals surface area contributed by atoms with Gasteiger partial charge in [0.1, 0.15) is 5.82 Å². The van der Waals surface area contributed by atoms with Gasteiger partial charge in [0.05, 0.1) is 6.26 Å². The van der Waals surface area contributed by atoms with Crippen molar-refractivity contribution in [3.63, 3.8) is 0 Å². The first-order valence-electron chi connectivity index (χ1n) is 5.94. The van der Waals surface area contributed by atoms with Gasteiger partial charge in [-0.25, -0.2) is 18.1 Å². The summed E-state index contributed by atoms with van der Waals surface area (Å²) in [7, 11) is -1.86.